The van der Waals surface area contributed by atoms with Crippen LogP contribution in [0, 0.1) is 0 Å². The molecule has 0 radical (unpaired) electrons. The van der Waals surface area contributed by atoms with Crippen LogP contribution in [0.3, 0.4) is 0 Å². The van der Waals surface area contributed by atoms with Crippen LogP contribution in [0.25, 0.3) is 0 Å². The number of hydrogen-bond acceptors (Lipinski definition) is 3. The molecular formula is C19H22BrClN2O2. The summed E-state index contributed by atoms with van der Waals surface area (Å²) in [5, 5.41) is 6.42. The Morgan fingerprint density at radius 1 is 1.28 bits per heavy atom. The summed E-state index contributed by atoms with van der Waals surface area (Å²) in [6.45, 7) is 2.72. The maximum Gasteiger partial charge on any atom is 0.237 e. The Morgan fingerprint density at radius 3 is 2.68 bits per heavy atom. The van der Waals surface area contributed by atoms with Crippen molar-refractivity contribution in [1.82, 2.24) is 10.6 Å². The second-order valence-electron chi connectivity index (χ2n) is 6.03. The molecule has 134 valence electrons. The minimum atomic E-state index is -0.191. The molecule has 1 aliphatic rings. The molecule has 0 spiro atoms. The minimum Gasteiger partial charge on any atom is -0.496 e. The number of benzene rings is 2. The van der Waals surface area contributed by atoms with Crippen molar-refractivity contribution in [3.63, 3.8) is 0 Å². The molecule has 2 N–H and O–H groups in total. The highest BCUT2D eigenvalue weighted by Gasteiger charge is 2.25. The van der Waals surface area contributed by atoms with Crippen LogP contribution in [-0.4, -0.2) is 19.1 Å². The second-order valence-corrected chi connectivity index (χ2v) is 6.88. The fourth-order valence-electron chi connectivity index (χ4n) is 2.99. The Labute approximate surface area is 162 Å². The highest BCUT2D eigenvalue weighted by molar-refractivity contribution is 9.10. The number of fused-ring (bicyclic) bond motifs is 1. The maximum absolute atomic E-state index is 12.6. The minimum absolute atomic E-state index is 0. The van der Waals surface area contributed by atoms with E-state index >= 15 is 0 Å². The molecule has 2 atom stereocenters. The first kappa shape index (κ1) is 19.8. The zero-order valence-electron chi connectivity index (χ0n) is 14.2. The predicted octanol–water partition coefficient (Wildman–Crippen LogP) is 3.77. The molecule has 25 heavy (non-hydrogen) atoms. The summed E-state index contributed by atoms with van der Waals surface area (Å²) in [5.41, 5.74) is 3.55. The van der Waals surface area contributed by atoms with Crippen LogP contribution >= 0.6 is 28.3 Å². The van der Waals surface area contributed by atoms with Gasteiger partial charge in [-0.2, -0.15) is 0 Å². The molecule has 1 aliphatic heterocycles. The molecule has 1 heterocycles. The molecule has 1 amide bonds. The first-order chi connectivity index (χ1) is 11.6. The fourth-order valence-corrected chi connectivity index (χ4v) is 3.55. The SMILES string of the molecule is COc1ccc(C(C)NC(=O)C2Cc3ccccc3CN2)cc1Br.Cl. The molecular weight excluding hydrogens is 404 g/mol. The lowest BCUT2D eigenvalue weighted by molar-refractivity contribution is -0.124. The van der Waals surface area contributed by atoms with Gasteiger partial charge in [-0.3, -0.25) is 4.79 Å². The van der Waals surface area contributed by atoms with E-state index in [4.69, 9.17) is 4.74 Å². The Morgan fingerprint density at radius 2 is 2.00 bits per heavy atom. The summed E-state index contributed by atoms with van der Waals surface area (Å²) in [6, 6.07) is 13.8. The van der Waals surface area contributed by atoms with E-state index in [0.29, 0.717) is 0 Å². The van der Waals surface area contributed by atoms with Gasteiger partial charge in [0.25, 0.3) is 0 Å². The van der Waals surface area contributed by atoms with Crippen molar-refractivity contribution in [3.05, 3.63) is 63.6 Å². The van der Waals surface area contributed by atoms with Gasteiger partial charge in [0, 0.05) is 6.54 Å². The number of halogens is 2. The lowest BCUT2D eigenvalue weighted by atomic mass is 9.95. The van der Waals surface area contributed by atoms with Crippen LogP contribution < -0.4 is 15.4 Å². The third-order valence-corrected chi connectivity index (χ3v) is 5.05. The summed E-state index contributed by atoms with van der Waals surface area (Å²) in [4.78, 5) is 12.6. The monoisotopic (exact) mass is 424 g/mol. The van der Waals surface area contributed by atoms with E-state index in [1.54, 1.807) is 7.11 Å². The van der Waals surface area contributed by atoms with Crippen molar-refractivity contribution in [2.24, 2.45) is 0 Å². The van der Waals surface area contributed by atoms with Crippen molar-refractivity contribution in [2.75, 3.05) is 7.11 Å². The van der Waals surface area contributed by atoms with Crippen molar-refractivity contribution in [1.29, 1.82) is 0 Å². The average molecular weight is 426 g/mol. The predicted molar refractivity (Wildman–Crippen MR) is 105 cm³/mol. The summed E-state index contributed by atoms with van der Waals surface area (Å²) >= 11 is 3.49. The lowest BCUT2D eigenvalue weighted by Gasteiger charge is -2.27. The number of rotatable bonds is 4. The smallest absolute Gasteiger partial charge is 0.237 e. The number of amides is 1. The van der Waals surface area contributed by atoms with Gasteiger partial charge in [-0.25, -0.2) is 0 Å². The molecule has 0 saturated carbocycles. The summed E-state index contributed by atoms with van der Waals surface area (Å²) < 4.78 is 6.13. The summed E-state index contributed by atoms with van der Waals surface area (Å²) in [6.07, 6.45) is 0.723. The van der Waals surface area contributed by atoms with Crippen LogP contribution in [0.15, 0.2) is 46.9 Å². The molecule has 3 rings (SSSR count). The molecule has 0 bridgehead atoms. The van der Waals surface area contributed by atoms with Crippen LogP contribution in [0.5, 0.6) is 5.75 Å². The number of carbonyl (C=O) groups excluding carboxylic acids is 1. The van der Waals surface area contributed by atoms with Gasteiger partial charge in [0.1, 0.15) is 5.75 Å². The standard InChI is InChI=1S/C19H21BrN2O2.ClH/c1-12(13-7-8-18(24-2)16(20)9-13)22-19(23)17-10-14-5-3-4-6-15(14)11-21-17;/h3-9,12,17,21H,10-11H2,1-2H3,(H,22,23);1H. The molecule has 4 nitrogen and oxygen atoms in total. The number of nitrogens with one attached hydrogen (secondary N) is 2. The first-order valence-electron chi connectivity index (χ1n) is 8.02. The van der Waals surface area contributed by atoms with Crippen molar-refractivity contribution in [2.45, 2.75) is 32.0 Å². The molecule has 6 heteroatoms. The number of carbonyl (C=O) groups is 1. The van der Waals surface area contributed by atoms with E-state index in [1.807, 2.05) is 37.3 Å². The van der Waals surface area contributed by atoms with Gasteiger partial charge in [-0.05, 0) is 58.1 Å². The van der Waals surface area contributed by atoms with Crippen molar-refractivity contribution >= 4 is 34.2 Å². The van der Waals surface area contributed by atoms with Gasteiger partial charge >= 0.3 is 0 Å². The van der Waals surface area contributed by atoms with Gasteiger partial charge in [0.15, 0.2) is 0 Å². The van der Waals surface area contributed by atoms with Crippen LogP contribution in [0.1, 0.15) is 29.7 Å². The van der Waals surface area contributed by atoms with Gasteiger partial charge in [0.2, 0.25) is 5.91 Å². The van der Waals surface area contributed by atoms with E-state index in [0.717, 1.165) is 28.8 Å². The van der Waals surface area contributed by atoms with Crippen molar-refractivity contribution < 1.29 is 9.53 Å². The third kappa shape index (κ3) is 4.54. The summed E-state index contributed by atoms with van der Waals surface area (Å²) in [5.74, 6) is 0.812. The highest BCUT2D eigenvalue weighted by Crippen LogP contribution is 2.28. The van der Waals surface area contributed by atoms with E-state index in [9.17, 15) is 4.79 Å². The van der Waals surface area contributed by atoms with Crippen LogP contribution in [0.4, 0.5) is 0 Å². The zero-order chi connectivity index (χ0) is 17.1. The van der Waals surface area contributed by atoms with Crippen LogP contribution in [-0.2, 0) is 17.8 Å². The van der Waals surface area contributed by atoms with Crippen molar-refractivity contribution in [3.8, 4) is 5.75 Å². The Bertz CT molecular complexity index is 754. The van der Waals surface area contributed by atoms with E-state index in [-0.39, 0.29) is 30.4 Å². The molecule has 2 unspecified atom stereocenters. The molecule has 2 aromatic carbocycles. The number of ether oxygens (including phenoxy) is 1. The quantitative estimate of drug-likeness (QED) is 0.784. The van der Waals surface area contributed by atoms with Gasteiger partial charge in [-0.15, -0.1) is 12.4 Å². The fraction of sp³-hybridized carbons (Fsp3) is 0.316. The third-order valence-electron chi connectivity index (χ3n) is 4.43. The molecule has 2 aromatic rings. The first-order valence-corrected chi connectivity index (χ1v) is 8.81. The normalized spacial score (nSPS) is 17.0. The Balaban J connectivity index is 0.00000225. The molecule has 0 aromatic heterocycles. The second kappa shape index (κ2) is 8.70. The highest BCUT2D eigenvalue weighted by atomic mass is 79.9. The lowest BCUT2D eigenvalue weighted by Crippen LogP contribution is -2.48. The largest absolute Gasteiger partial charge is 0.496 e. The maximum atomic E-state index is 12.6. The van der Waals surface area contributed by atoms with Gasteiger partial charge < -0.3 is 15.4 Å². The van der Waals surface area contributed by atoms with Gasteiger partial charge in [-0.1, -0.05) is 30.3 Å². The topological polar surface area (TPSA) is 50.4 Å². The average Bonchev–Trinajstić information content (AvgIpc) is 2.61. The van der Waals surface area contributed by atoms with E-state index in [1.165, 1.54) is 11.1 Å². The Kier molecular flexibility index (Phi) is 6.87. The molecule has 0 fully saturated rings. The molecule has 0 aliphatic carbocycles. The number of hydrogen-bond donors (Lipinski definition) is 2. The van der Waals surface area contributed by atoms with E-state index < -0.39 is 0 Å². The Hall–Kier alpha value is -1.56. The number of methoxy groups -OCH3 is 1. The zero-order valence-corrected chi connectivity index (χ0v) is 16.6. The van der Waals surface area contributed by atoms with E-state index in [2.05, 4.69) is 38.7 Å². The molecule has 0 saturated heterocycles. The van der Waals surface area contributed by atoms with Crippen LogP contribution in [0.2, 0.25) is 0 Å². The summed E-state index contributed by atoms with van der Waals surface area (Å²) in [7, 11) is 1.64. The van der Waals surface area contributed by atoms with Gasteiger partial charge in [0.05, 0.1) is 23.7 Å².